The Hall–Kier alpha value is -1.46. The van der Waals surface area contributed by atoms with Gasteiger partial charge in [-0.3, -0.25) is 4.79 Å². The first-order valence-corrected chi connectivity index (χ1v) is 9.26. The van der Waals surface area contributed by atoms with Crippen LogP contribution in [0, 0.1) is 0 Å². The van der Waals surface area contributed by atoms with Crippen LogP contribution < -0.4 is 10.2 Å². The number of hydrazone groups is 1. The van der Waals surface area contributed by atoms with E-state index in [1.807, 2.05) is 6.92 Å². The minimum absolute atomic E-state index is 0.322. The zero-order valence-corrected chi connectivity index (χ0v) is 17.0. The fourth-order valence-corrected chi connectivity index (χ4v) is 3.05. The van der Waals surface area contributed by atoms with Crippen LogP contribution in [0.3, 0.4) is 0 Å². The van der Waals surface area contributed by atoms with E-state index in [9.17, 15) is 4.79 Å². The molecule has 2 aromatic carbocycles. The van der Waals surface area contributed by atoms with Crippen LogP contribution in [-0.4, -0.2) is 17.7 Å². The Morgan fingerprint density at radius 1 is 1.08 bits per heavy atom. The fraction of sp³-hybridized carbons (Fsp3) is 0.222. The van der Waals surface area contributed by atoms with Crippen molar-refractivity contribution in [3.8, 4) is 5.75 Å². The van der Waals surface area contributed by atoms with Crippen molar-refractivity contribution in [3.63, 3.8) is 0 Å². The number of nitrogens with one attached hydrogen (secondary N) is 1. The summed E-state index contributed by atoms with van der Waals surface area (Å²) in [6.07, 6.45) is -0.240. The molecule has 26 heavy (non-hydrogen) atoms. The SMILES string of the molecule is CCC(=NNC(=O)C(C)Oc1ccc(Cl)cc1Cl)c1ccc(Cl)cc1Cl. The largest absolute Gasteiger partial charge is 0.479 e. The molecule has 0 aromatic heterocycles. The molecule has 0 spiro atoms. The van der Waals surface area contributed by atoms with E-state index in [2.05, 4.69) is 10.5 Å². The van der Waals surface area contributed by atoms with E-state index in [4.69, 9.17) is 51.1 Å². The highest BCUT2D eigenvalue weighted by Gasteiger charge is 2.16. The normalized spacial score (nSPS) is 12.6. The van der Waals surface area contributed by atoms with Crippen molar-refractivity contribution >= 4 is 58.0 Å². The van der Waals surface area contributed by atoms with E-state index in [0.29, 0.717) is 43.5 Å². The highest BCUT2D eigenvalue weighted by molar-refractivity contribution is 6.37. The predicted octanol–water partition coefficient (Wildman–Crippen LogP) is 6.00. The molecular weight excluding hydrogens is 418 g/mol. The van der Waals surface area contributed by atoms with Crippen molar-refractivity contribution in [2.75, 3.05) is 0 Å². The molecule has 0 heterocycles. The third kappa shape index (κ3) is 5.52. The highest BCUT2D eigenvalue weighted by atomic mass is 35.5. The zero-order valence-electron chi connectivity index (χ0n) is 14.0. The van der Waals surface area contributed by atoms with Crippen LogP contribution in [0.5, 0.6) is 5.75 Å². The van der Waals surface area contributed by atoms with Gasteiger partial charge in [-0.25, -0.2) is 5.43 Å². The Labute approximate surface area is 172 Å². The summed E-state index contributed by atoms with van der Waals surface area (Å²) in [5.41, 5.74) is 3.81. The lowest BCUT2D eigenvalue weighted by molar-refractivity contribution is -0.127. The van der Waals surface area contributed by atoms with Gasteiger partial charge in [-0.15, -0.1) is 0 Å². The summed E-state index contributed by atoms with van der Waals surface area (Å²) in [4.78, 5) is 12.2. The minimum Gasteiger partial charge on any atom is -0.479 e. The number of halogens is 4. The van der Waals surface area contributed by atoms with Crippen LogP contribution in [0.15, 0.2) is 41.5 Å². The number of hydrogen-bond donors (Lipinski definition) is 1. The smallest absolute Gasteiger partial charge is 0.280 e. The molecular formula is C18H16Cl4N2O2. The van der Waals surface area contributed by atoms with Gasteiger partial charge in [0, 0.05) is 15.6 Å². The lowest BCUT2D eigenvalue weighted by Crippen LogP contribution is -2.34. The summed E-state index contributed by atoms with van der Waals surface area (Å²) in [5, 5.41) is 5.95. The van der Waals surface area contributed by atoms with Crippen molar-refractivity contribution in [1.29, 1.82) is 0 Å². The van der Waals surface area contributed by atoms with Crippen LogP contribution in [0.4, 0.5) is 0 Å². The molecule has 1 unspecified atom stereocenters. The summed E-state index contributed by atoms with van der Waals surface area (Å²) in [5.74, 6) is -0.0637. The Balaban J connectivity index is 2.08. The van der Waals surface area contributed by atoms with Gasteiger partial charge in [0.15, 0.2) is 6.10 Å². The molecule has 2 aromatic rings. The van der Waals surface area contributed by atoms with Gasteiger partial charge in [0.25, 0.3) is 5.91 Å². The van der Waals surface area contributed by atoms with Gasteiger partial charge >= 0.3 is 0 Å². The number of ether oxygens (including phenoxy) is 1. The number of carbonyl (C=O) groups is 1. The lowest BCUT2D eigenvalue weighted by Gasteiger charge is -2.15. The molecule has 8 heteroatoms. The second-order valence-electron chi connectivity index (χ2n) is 5.35. The average molecular weight is 434 g/mol. The first-order chi connectivity index (χ1) is 12.3. The highest BCUT2D eigenvalue weighted by Crippen LogP contribution is 2.28. The quantitative estimate of drug-likeness (QED) is 0.448. The molecule has 4 nitrogen and oxygen atoms in total. The number of amides is 1. The second kappa shape index (κ2) is 9.47. The molecule has 1 amide bonds. The van der Waals surface area contributed by atoms with E-state index in [1.54, 1.807) is 43.3 Å². The Morgan fingerprint density at radius 2 is 1.69 bits per heavy atom. The second-order valence-corrected chi connectivity index (χ2v) is 7.03. The third-order valence-electron chi connectivity index (χ3n) is 3.44. The maximum absolute atomic E-state index is 12.2. The predicted molar refractivity (Wildman–Crippen MR) is 108 cm³/mol. The average Bonchev–Trinajstić information content (AvgIpc) is 2.59. The maximum atomic E-state index is 12.2. The standard InChI is InChI=1S/C18H16Cl4N2O2/c1-3-16(13-6-4-11(19)8-14(13)21)23-24-18(25)10(2)26-17-7-5-12(20)9-15(17)22/h4-10H,3H2,1-2H3,(H,24,25). The molecule has 1 N–H and O–H groups in total. The van der Waals surface area contributed by atoms with Gasteiger partial charge < -0.3 is 4.74 Å². The molecule has 0 radical (unpaired) electrons. The van der Waals surface area contributed by atoms with Crippen molar-refractivity contribution in [2.45, 2.75) is 26.4 Å². The topological polar surface area (TPSA) is 50.7 Å². The van der Waals surface area contributed by atoms with Crippen molar-refractivity contribution in [3.05, 3.63) is 62.1 Å². The molecule has 0 bridgehead atoms. The molecule has 0 aliphatic carbocycles. The third-order valence-corrected chi connectivity index (χ3v) is 4.52. The number of benzene rings is 2. The molecule has 0 saturated heterocycles. The summed E-state index contributed by atoms with van der Waals surface area (Å²) >= 11 is 24.0. The maximum Gasteiger partial charge on any atom is 0.280 e. The molecule has 0 fully saturated rings. The molecule has 1 atom stereocenters. The van der Waals surface area contributed by atoms with Crippen LogP contribution in [0.25, 0.3) is 0 Å². The Morgan fingerprint density at radius 3 is 2.27 bits per heavy atom. The number of carbonyl (C=O) groups excluding carboxylic acids is 1. The zero-order chi connectivity index (χ0) is 19.3. The Kier molecular flexibility index (Phi) is 7.59. The first-order valence-electron chi connectivity index (χ1n) is 7.75. The van der Waals surface area contributed by atoms with E-state index in [1.165, 1.54) is 0 Å². The number of rotatable bonds is 6. The van der Waals surface area contributed by atoms with E-state index in [0.717, 1.165) is 0 Å². The number of hydrogen-bond acceptors (Lipinski definition) is 3. The van der Waals surface area contributed by atoms with Crippen LogP contribution >= 0.6 is 46.4 Å². The summed E-state index contributed by atoms with van der Waals surface area (Å²) in [6.45, 7) is 3.50. The van der Waals surface area contributed by atoms with Crippen molar-refractivity contribution < 1.29 is 9.53 Å². The van der Waals surface area contributed by atoms with Gasteiger partial charge in [0.05, 0.1) is 15.8 Å². The van der Waals surface area contributed by atoms with Gasteiger partial charge in [-0.2, -0.15) is 5.10 Å². The van der Waals surface area contributed by atoms with Crippen molar-refractivity contribution in [1.82, 2.24) is 5.43 Å². The van der Waals surface area contributed by atoms with E-state index < -0.39 is 12.0 Å². The molecule has 2 rings (SSSR count). The molecule has 0 aliphatic heterocycles. The van der Waals surface area contributed by atoms with E-state index >= 15 is 0 Å². The molecule has 0 saturated carbocycles. The summed E-state index contributed by atoms with van der Waals surface area (Å²) < 4.78 is 5.56. The monoisotopic (exact) mass is 432 g/mol. The fourth-order valence-electron chi connectivity index (χ4n) is 2.08. The lowest BCUT2D eigenvalue weighted by atomic mass is 10.1. The first kappa shape index (κ1) is 20.8. The van der Waals surface area contributed by atoms with Gasteiger partial charge in [0.2, 0.25) is 0 Å². The van der Waals surface area contributed by atoms with Gasteiger partial charge in [0.1, 0.15) is 5.75 Å². The summed E-state index contributed by atoms with van der Waals surface area (Å²) in [7, 11) is 0. The number of nitrogens with zero attached hydrogens (tertiary/aromatic N) is 1. The minimum atomic E-state index is -0.809. The molecule has 0 aliphatic rings. The summed E-state index contributed by atoms with van der Waals surface area (Å²) in [6, 6.07) is 9.86. The Bertz CT molecular complexity index is 840. The van der Waals surface area contributed by atoms with Crippen LogP contribution in [-0.2, 0) is 4.79 Å². The molecule has 138 valence electrons. The van der Waals surface area contributed by atoms with Crippen molar-refractivity contribution in [2.24, 2.45) is 5.10 Å². The van der Waals surface area contributed by atoms with Gasteiger partial charge in [-0.05, 0) is 43.7 Å². The van der Waals surface area contributed by atoms with E-state index in [-0.39, 0.29) is 0 Å². The van der Waals surface area contributed by atoms with Crippen LogP contribution in [0.1, 0.15) is 25.8 Å². The van der Waals surface area contributed by atoms with Gasteiger partial charge in [-0.1, -0.05) is 59.4 Å². The van der Waals surface area contributed by atoms with Crippen LogP contribution in [0.2, 0.25) is 20.1 Å².